The number of nitrogens with zero attached hydrogens (tertiary/aromatic N) is 1. The summed E-state index contributed by atoms with van der Waals surface area (Å²) in [5.74, 6) is -0.404. The Bertz CT molecular complexity index is 937. The van der Waals surface area contributed by atoms with E-state index in [9.17, 15) is 9.59 Å². The summed E-state index contributed by atoms with van der Waals surface area (Å²) < 4.78 is 2.07. The number of carbonyl (C=O) groups excluding carboxylic acids is 2. The van der Waals surface area contributed by atoms with Gasteiger partial charge < -0.3 is 4.57 Å². The second-order valence-electron chi connectivity index (χ2n) is 6.44. The van der Waals surface area contributed by atoms with Crippen LogP contribution in [0.25, 0.3) is 22.2 Å². The molecule has 0 radical (unpaired) electrons. The van der Waals surface area contributed by atoms with Crippen molar-refractivity contribution < 1.29 is 9.59 Å². The number of aromatic nitrogens is 1. The predicted molar refractivity (Wildman–Crippen MR) is 95.0 cm³/mol. The van der Waals surface area contributed by atoms with Crippen molar-refractivity contribution in [3.05, 3.63) is 60.2 Å². The normalized spacial score (nSPS) is 17.5. The number of para-hydroxylation sites is 1. The van der Waals surface area contributed by atoms with E-state index in [0.717, 1.165) is 28.6 Å². The minimum Gasteiger partial charge on any atom is -0.343 e. The molecule has 24 heavy (non-hydrogen) atoms. The fourth-order valence-corrected chi connectivity index (χ4v) is 3.84. The van der Waals surface area contributed by atoms with Crippen LogP contribution in [-0.4, -0.2) is 16.1 Å². The number of benzene rings is 2. The van der Waals surface area contributed by atoms with Crippen LogP contribution in [0.5, 0.6) is 0 Å². The molecule has 0 saturated heterocycles. The Hall–Kier alpha value is -2.68. The Morgan fingerprint density at radius 1 is 1.04 bits per heavy atom. The molecule has 0 aliphatic heterocycles. The number of ketones is 2. The standard InChI is InChI=1S/C21H19NO2/c1-22-17-12-6-5-10-15(17)19(20(22)14-8-3-2-4-9-14)21(24)16-11-7-13-18(16)23/h2-6,8-10,12,16H,7,11,13H2,1H3. The first-order chi connectivity index (χ1) is 11.7. The number of Topliss-reactive ketones (excluding diaryl/α,β-unsaturated/α-hetero) is 2. The van der Waals surface area contributed by atoms with Crippen molar-refractivity contribution in [1.82, 2.24) is 4.57 Å². The van der Waals surface area contributed by atoms with Gasteiger partial charge in [0.05, 0.1) is 17.2 Å². The number of rotatable bonds is 3. The van der Waals surface area contributed by atoms with Crippen molar-refractivity contribution in [3.8, 4) is 11.3 Å². The van der Waals surface area contributed by atoms with Crippen LogP contribution in [0, 0.1) is 5.92 Å². The topological polar surface area (TPSA) is 39.1 Å². The van der Waals surface area contributed by atoms with Crippen LogP contribution in [0.1, 0.15) is 29.6 Å². The summed E-state index contributed by atoms with van der Waals surface area (Å²) in [7, 11) is 1.98. The molecule has 1 aliphatic rings. The van der Waals surface area contributed by atoms with Crippen molar-refractivity contribution in [1.29, 1.82) is 0 Å². The van der Waals surface area contributed by atoms with Gasteiger partial charge in [-0.25, -0.2) is 0 Å². The molecule has 1 atom stereocenters. The van der Waals surface area contributed by atoms with E-state index in [4.69, 9.17) is 0 Å². The average Bonchev–Trinajstić information content (AvgIpc) is 3.17. The van der Waals surface area contributed by atoms with Gasteiger partial charge >= 0.3 is 0 Å². The quantitative estimate of drug-likeness (QED) is 0.530. The summed E-state index contributed by atoms with van der Waals surface area (Å²) >= 11 is 0. The minimum atomic E-state index is -0.474. The second-order valence-corrected chi connectivity index (χ2v) is 6.44. The Labute approximate surface area is 140 Å². The Kier molecular flexibility index (Phi) is 3.57. The van der Waals surface area contributed by atoms with Gasteiger partial charge in [-0.1, -0.05) is 48.5 Å². The fraction of sp³-hybridized carbons (Fsp3) is 0.238. The molecule has 1 heterocycles. The molecule has 0 amide bonds. The van der Waals surface area contributed by atoms with Gasteiger partial charge in [-0.3, -0.25) is 9.59 Å². The summed E-state index contributed by atoms with van der Waals surface area (Å²) in [5, 5.41) is 0.934. The third-order valence-corrected chi connectivity index (χ3v) is 5.02. The van der Waals surface area contributed by atoms with E-state index in [1.165, 1.54) is 0 Å². The molecule has 1 unspecified atom stereocenters. The molecular formula is C21H19NO2. The maximum Gasteiger partial charge on any atom is 0.176 e. The first kappa shape index (κ1) is 14.9. The first-order valence-corrected chi connectivity index (χ1v) is 8.38. The lowest BCUT2D eigenvalue weighted by Gasteiger charge is -2.11. The van der Waals surface area contributed by atoms with E-state index < -0.39 is 5.92 Å². The lowest BCUT2D eigenvalue weighted by Crippen LogP contribution is -2.19. The molecule has 0 spiro atoms. The lowest BCUT2D eigenvalue weighted by atomic mass is 9.92. The molecule has 1 aromatic heterocycles. The van der Waals surface area contributed by atoms with E-state index in [0.29, 0.717) is 18.4 Å². The smallest absolute Gasteiger partial charge is 0.176 e. The summed E-state index contributed by atoms with van der Waals surface area (Å²) in [6.45, 7) is 0. The van der Waals surface area contributed by atoms with Gasteiger partial charge in [-0.05, 0) is 24.5 Å². The van der Waals surface area contributed by atoms with Crippen molar-refractivity contribution in [3.63, 3.8) is 0 Å². The Morgan fingerprint density at radius 3 is 2.46 bits per heavy atom. The number of carbonyl (C=O) groups is 2. The number of hydrogen-bond acceptors (Lipinski definition) is 2. The molecule has 120 valence electrons. The van der Waals surface area contributed by atoms with Crippen molar-refractivity contribution >= 4 is 22.5 Å². The van der Waals surface area contributed by atoms with E-state index in [1.807, 2.05) is 61.6 Å². The molecule has 1 saturated carbocycles. The van der Waals surface area contributed by atoms with Gasteiger partial charge in [0.1, 0.15) is 5.78 Å². The highest BCUT2D eigenvalue weighted by atomic mass is 16.2. The van der Waals surface area contributed by atoms with Crippen LogP contribution in [-0.2, 0) is 11.8 Å². The zero-order chi connectivity index (χ0) is 16.7. The molecule has 0 bridgehead atoms. The van der Waals surface area contributed by atoms with Gasteiger partial charge in [-0.15, -0.1) is 0 Å². The van der Waals surface area contributed by atoms with Crippen molar-refractivity contribution in [2.45, 2.75) is 19.3 Å². The van der Waals surface area contributed by atoms with Gasteiger partial charge in [0.15, 0.2) is 5.78 Å². The molecule has 2 aromatic carbocycles. The third kappa shape index (κ3) is 2.20. The van der Waals surface area contributed by atoms with Crippen LogP contribution in [0.2, 0.25) is 0 Å². The lowest BCUT2D eigenvalue weighted by molar-refractivity contribution is -0.119. The van der Waals surface area contributed by atoms with Crippen molar-refractivity contribution in [2.24, 2.45) is 13.0 Å². The highest BCUT2D eigenvalue weighted by molar-refractivity contribution is 6.20. The van der Waals surface area contributed by atoms with Crippen molar-refractivity contribution in [2.75, 3.05) is 0 Å². The Morgan fingerprint density at radius 2 is 1.75 bits per heavy atom. The number of aryl methyl sites for hydroxylation is 1. The maximum atomic E-state index is 13.2. The molecule has 3 heteroatoms. The molecule has 3 nitrogen and oxygen atoms in total. The van der Waals surface area contributed by atoms with Gasteiger partial charge in [0, 0.05) is 24.4 Å². The highest BCUT2D eigenvalue weighted by Crippen LogP contribution is 2.36. The van der Waals surface area contributed by atoms with Gasteiger partial charge in [0.25, 0.3) is 0 Å². The van der Waals surface area contributed by atoms with Crippen LogP contribution in [0.3, 0.4) is 0 Å². The van der Waals surface area contributed by atoms with Gasteiger partial charge in [-0.2, -0.15) is 0 Å². The van der Waals surface area contributed by atoms with Crippen LogP contribution < -0.4 is 0 Å². The van der Waals surface area contributed by atoms with E-state index in [2.05, 4.69) is 4.57 Å². The SMILES string of the molecule is Cn1c(-c2ccccc2)c(C(=O)C2CCCC2=O)c2ccccc21. The van der Waals surface area contributed by atoms with E-state index in [1.54, 1.807) is 0 Å². The first-order valence-electron chi connectivity index (χ1n) is 8.38. The largest absolute Gasteiger partial charge is 0.343 e. The fourth-order valence-electron chi connectivity index (χ4n) is 3.84. The molecule has 0 N–H and O–H groups in total. The van der Waals surface area contributed by atoms with E-state index in [-0.39, 0.29) is 11.6 Å². The van der Waals surface area contributed by atoms with E-state index >= 15 is 0 Å². The highest BCUT2D eigenvalue weighted by Gasteiger charge is 2.35. The number of fused-ring (bicyclic) bond motifs is 1. The van der Waals surface area contributed by atoms with Crippen LogP contribution >= 0.6 is 0 Å². The summed E-state index contributed by atoms with van der Waals surface area (Å²) in [4.78, 5) is 25.4. The predicted octanol–water partition coefficient (Wildman–Crippen LogP) is 4.40. The average molecular weight is 317 g/mol. The molecule has 1 fully saturated rings. The molecular weight excluding hydrogens is 298 g/mol. The minimum absolute atomic E-state index is 0.0202. The second kappa shape index (κ2) is 5.75. The third-order valence-electron chi connectivity index (χ3n) is 5.02. The summed E-state index contributed by atoms with van der Waals surface area (Å²) in [6.07, 6.45) is 2.03. The maximum absolute atomic E-state index is 13.2. The summed E-state index contributed by atoms with van der Waals surface area (Å²) in [5.41, 5.74) is 3.62. The molecule has 1 aliphatic carbocycles. The van der Waals surface area contributed by atoms with Crippen LogP contribution in [0.15, 0.2) is 54.6 Å². The molecule has 3 aromatic rings. The number of hydrogen-bond donors (Lipinski definition) is 0. The summed E-state index contributed by atoms with van der Waals surface area (Å²) in [6, 6.07) is 17.9. The zero-order valence-corrected chi connectivity index (χ0v) is 13.7. The zero-order valence-electron chi connectivity index (χ0n) is 13.7. The Balaban J connectivity index is 1.99. The monoisotopic (exact) mass is 317 g/mol. The van der Waals surface area contributed by atoms with Gasteiger partial charge in [0.2, 0.25) is 0 Å². The molecule has 4 rings (SSSR count). The van der Waals surface area contributed by atoms with Crippen LogP contribution in [0.4, 0.5) is 0 Å².